The Morgan fingerprint density at radius 2 is 2.00 bits per heavy atom. The van der Waals surface area contributed by atoms with E-state index in [1.54, 1.807) is 4.90 Å². The monoisotopic (exact) mass is 422 g/mol. The summed E-state index contributed by atoms with van der Waals surface area (Å²) >= 11 is 0. The third kappa shape index (κ3) is 4.18. The number of carbonyl (C=O) groups excluding carboxylic acids is 2. The molecule has 0 radical (unpaired) electrons. The first-order valence-electron chi connectivity index (χ1n) is 10.7. The van der Waals surface area contributed by atoms with Crippen molar-refractivity contribution >= 4 is 24.1 Å². The van der Waals surface area contributed by atoms with Crippen LogP contribution in [0, 0.1) is 0 Å². The smallest absolute Gasteiger partial charge is 0.319 e. The first kappa shape index (κ1) is 19.7. The average molecular weight is 422 g/mol. The number of fused-ring (bicyclic) bond motifs is 1. The molecule has 3 aliphatic rings. The number of hydrogen-bond donors (Lipinski definition) is 2. The van der Waals surface area contributed by atoms with Crippen LogP contribution in [0.4, 0.5) is 16.4 Å². The van der Waals surface area contributed by atoms with E-state index in [9.17, 15) is 9.59 Å². The van der Waals surface area contributed by atoms with Gasteiger partial charge in [0.15, 0.2) is 0 Å². The first-order valence-corrected chi connectivity index (χ1v) is 10.7. The zero-order valence-corrected chi connectivity index (χ0v) is 17.5. The Morgan fingerprint density at radius 1 is 1.19 bits per heavy atom. The van der Waals surface area contributed by atoms with Gasteiger partial charge >= 0.3 is 6.03 Å². The predicted octanol–water partition coefficient (Wildman–Crippen LogP) is 2.12. The molecule has 9 nitrogen and oxygen atoms in total. The zero-order chi connectivity index (χ0) is 21.4. The minimum atomic E-state index is -0.177. The highest BCUT2D eigenvalue weighted by atomic mass is 16.5. The maximum absolute atomic E-state index is 12.0. The average Bonchev–Trinajstić information content (AvgIpc) is 3.48. The lowest BCUT2D eigenvalue weighted by atomic mass is 10.1. The van der Waals surface area contributed by atoms with Crippen molar-refractivity contribution in [2.75, 3.05) is 30.0 Å². The molecule has 3 amide bonds. The summed E-state index contributed by atoms with van der Waals surface area (Å²) in [7, 11) is 0. The third-order valence-corrected chi connectivity index (χ3v) is 5.90. The van der Waals surface area contributed by atoms with Crippen LogP contribution >= 0.6 is 0 Å². The number of rotatable bonds is 5. The fraction of sp³-hybridized carbons (Fsp3) is 0.455. The number of benzene rings is 1. The quantitative estimate of drug-likeness (QED) is 0.716. The number of urea groups is 1. The van der Waals surface area contributed by atoms with E-state index in [1.807, 2.05) is 24.3 Å². The first-order chi connectivity index (χ1) is 15.1. The summed E-state index contributed by atoms with van der Waals surface area (Å²) in [5, 5.41) is 5.79. The molecule has 162 valence electrons. The number of ether oxygens (including phenoxy) is 1. The standard InChI is InChI=1S/C22H26N6O3/c1-14-12-31-9-8-28(14)21-25-19-11-27(13-29)10-18(19)20(26-21)15-2-4-16(5-3-15)23-22(30)24-17-6-7-17/h2-5,13-14,17H,6-12H2,1H3,(H2,23,24,30)/t14-/m0/s1. The van der Waals surface area contributed by atoms with Crippen LogP contribution in [0.3, 0.4) is 0 Å². The predicted molar refractivity (Wildman–Crippen MR) is 116 cm³/mol. The zero-order valence-electron chi connectivity index (χ0n) is 17.5. The number of morpholine rings is 1. The molecule has 1 aliphatic carbocycles. The molecular formula is C22H26N6O3. The van der Waals surface area contributed by atoms with Gasteiger partial charge in [-0.2, -0.15) is 0 Å². The second-order valence-corrected chi connectivity index (χ2v) is 8.38. The highest BCUT2D eigenvalue weighted by Crippen LogP contribution is 2.33. The van der Waals surface area contributed by atoms with Crippen LogP contribution in [0.25, 0.3) is 11.3 Å². The fourth-order valence-electron chi connectivity index (χ4n) is 4.02. The van der Waals surface area contributed by atoms with E-state index in [1.165, 1.54) is 0 Å². The van der Waals surface area contributed by atoms with Crippen molar-refractivity contribution in [3.8, 4) is 11.3 Å². The van der Waals surface area contributed by atoms with Gasteiger partial charge < -0.3 is 25.2 Å². The number of hydrogen-bond acceptors (Lipinski definition) is 6. The van der Waals surface area contributed by atoms with Gasteiger partial charge in [0.25, 0.3) is 0 Å². The highest BCUT2D eigenvalue weighted by molar-refractivity contribution is 5.90. The molecule has 2 aliphatic heterocycles. The van der Waals surface area contributed by atoms with Crippen LogP contribution in [0.2, 0.25) is 0 Å². The van der Waals surface area contributed by atoms with Gasteiger partial charge in [0, 0.05) is 35.9 Å². The maximum Gasteiger partial charge on any atom is 0.319 e. The number of anilines is 2. The molecule has 2 aromatic rings. The van der Waals surface area contributed by atoms with E-state index >= 15 is 0 Å². The van der Waals surface area contributed by atoms with Crippen LogP contribution in [-0.4, -0.2) is 59.2 Å². The Bertz CT molecular complexity index is 991. The normalized spacial score (nSPS) is 20.4. The van der Waals surface area contributed by atoms with Crippen LogP contribution in [-0.2, 0) is 22.6 Å². The van der Waals surface area contributed by atoms with Crippen molar-refractivity contribution in [2.45, 2.75) is 44.9 Å². The molecule has 3 heterocycles. The summed E-state index contributed by atoms with van der Waals surface area (Å²) in [4.78, 5) is 37.0. The van der Waals surface area contributed by atoms with Crippen LogP contribution in [0.1, 0.15) is 31.0 Å². The molecule has 1 atom stereocenters. The molecule has 0 spiro atoms. The molecule has 0 unspecified atom stereocenters. The van der Waals surface area contributed by atoms with Crippen LogP contribution in [0.5, 0.6) is 0 Å². The van der Waals surface area contributed by atoms with E-state index in [0.29, 0.717) is 38.3 Å². The van der Waals surface area contributed by atoms with E-state index in [4.69, 9.17) is 14.7 Å². The molecule has 0 bridgehead atoms. The van der Waals surface area contributed by atoms with E-state index in [2.05, 4.69) is 22.5 Å². The lowest BCUT2D eigenvalue weighted by molar-refractivity contribution is -0.118. The Labute approximate surface area is 180 Å². The lowest BCUT2D eigenvalue weighted by Gasteiger charge is -2.33. The van der Waals surface area contributed by atoms with Crippen molar-refractivity contribution < 1.29 is 14.3 Å². The molecule has 2 N–H and O–H groups in total. The Kier molecular flexibility index (Phi) is 5.19. The molecule has 9 heteroatoms. The Morgan fingerprint density at radius 3 is 2.71 bits per heavy atom. The third-order valence-electron chi connectivity index (χ3n) is 5.90. The van der Waals surface area contributed by atoms with Crippen LogP contribution in [0.15, 0.2) is 24.3 Å². The molecule has 1 aromatic heterocycles. The molecule has 1 aromatic carbocycles. The van der Waals surface area contributed by atoms with Gasteiger partial charge in [-0.05, 0) is 31.9 Å². The summed E-state index contributed by atoms with van der Waals surface area (Å²) in [6.45, 7) is 5.09. The van der Waals surface area contributed by atoms with Gasteiger partial charge in [0.2, 0.25) is 12.4 Å². The second kappa shape index (κ2) is 8.14. The molecule has 1 saturated carbocycles. The largest absolute Gasteiger partial charge is 0.377 e. The summed E-state index contributed by atoms with van der Waals surface area (Å²) in [6, 6.07) is 7.96. The number of carbonyl (C=O) groups is 2. The SMILES string of the molecule is C[C@H]1COCCN1c1nc2c(c(-c3ccc(NC(=O)NC4CC4)cc3)n1)CN(C=O)C2. The lowest BCUT2D eigenvalue weighted by Crippen LogP contribution is -2.44. The summed E-state index contributed by atoms with van der Waals surface area (Å²) < 4.78 is 5.56. The van der Waals surface area contributed by atoms with Gasteiger partial charge in [-0.3, -0.25) is 4.79 Å². The number of amides is 3. The molecule has 5 rings (SSSR count). The van der Waals surface area contributed by atoms with Gasteiger partial charge in [-0.1, -0.05) is 12.1 Å². The number of aromatic nitrogens is 2. The molecule has 31 heavy (non-hydrogen) atoms. The summed E-state index contributed by atoms with van der Waals surface area (Å²) in [5.74, 6) is 0.670. The van der Waals surface area contributed by atoms with Gasteiger partial charge in [-0.25, -0.2) is 14.8 Å². The highest BCUT2D eigenvalue weighted by Gasteiger charge is 2.29. The van der Waals surface area contributed by atoms with Crippen molar-refractivity contribution in [3.63, 3.8) is 0 Å². The second-order valence-electron chi connectivity index (χ2n) is 8.38. The Hall–Kier alpha value is -3.20. The maximum atomic E-state index is 12.0. The van der Waals surface area contributed by atoms with Crippen LogP contribution < -0.4 is 15.5 Å². The molecule has 2 fully saturated rings. The topological polar surface area (TPSA) is 99.7 Å². The Balaban J connectivity index is 1.44. The number of nitrogens with zero attached hydrogens (tertiary/aromatic N) is 4. The van der Waals surface area contributed by atoms with Crippen molar-refractivity contribution in [3.05, 3.63) is 35.5 Å². The summed E-state index contributed by atoms with van der Waals surface area (Å²) in [6.07, 6.45) is 2.95. The minimum absolute atomic E-state index is 0.177. The minimum Gasteiger partial charge on any atom is -0.377 e. The summed E-state index contributed by atoms with van der Waals surface area (Å²) in [5.41, 5.74) is 4.35. The van der Waals surface area contributed by atoms with Gasteiger partial charge in [0.05, 0.1) is 37.2 Å². The van der Waals surface area contributed by atoms with E-state index in [0.717, 1.165) is 54.0 Å². The molecular weight excluding hydrogens is 396 g/mol. The van der Waals surface area contributed by atoms with E-state index < -0.39 is 0 Å². The molecule has 1 saturated heterocycles. The fourth-order valence-corrected chi connectivity index (χ4v) is 4.02. The number of nitrogens with one attached hydrogen (secondary N) is 2. The van der Waals surface area contributed by atoms with Crippen molar-refractivity contribution in [1.82, 2.24) is 20.2 Å². The van der Waals surface area contributed by atoms with Gasteiger partial charge in [0.1, 0.15) is 0 Å². The van der Waals surface area contributed by atoms with Gasteiger partial charge in [-0.15, -0.1) is 0 Å². The van der Waals surface area contributed by atoms with E-state index in [-0.39, 0.29) is 12.1 Å². The van der Waals surface area contributed by atoms with Crippen molar-refractivity contribution in [1.29, 1.82) is 0 Å². The van der Waals surface area contributed by atoms with Crippen molar-refractivity contribution in [2.24, 2.45) is 0 Å².